The molecule has 0 bridgehead atoms. The van der Waals surface area contributed by atoms with Gasteiger partial charge in [-0.3, -0.25) is 4.79 Å². The van der Waals surface area contributed by atoms with Crippen LogP contribution in [0.1, 0.15) is 20.8 Å². The zero-order valence-corrected chi connectivity index (χ0v) is 10.0. The van der Waals surface area contributed by atoms with Gasteiger partial charge in [-0.05, 0) is 20.1 Å². The van der Waals surface area contributed by atoms with Gasteiger partial charge < -0.3 is 9.47 Å². The summed E-state index contributed by atoms with van der Waals surface area (Å²) in [4.78, 5) is 10.5. The number of esters is 1. The Kier molecular flexibility index (Phi) is 7.60. The number of rotatable bonds is 6. The van der Waals surface area contributed by atoms with Gasteiger partial charge in [0, 0.05) is 6.92 Å². The van der Waals surface area contributed by atoms with E-state index in [4.69, 9.17) is 9.47 Å². The van der Waals surface area contributed by atoms with E-state index in [2.05, 4.69) is 0 Å². The van der Waals surface area contributed by atoms with Crippen molar-refractivity contribution in [3.8, 4) is 0 Å². The predicted molar refractivity (Wildman–Crippen MR) is 57.7 cm³/mol. The molecule has 5 heteroatoms. The zero-order valence-electron chi connectivity index (χ0n) is 8.40. The van der Waals surface area contributed by atoms with E-state index in [-0.39, 0.29) is 16.8 Å². The highest BCUT2D eigenvalue weighted by atomic mass is 32.2. The van der Waals surface area contributed by atoms with Crippen molar-refractivity contribution in [2.75, 3.05) is 12.2 Å². The summed E-state index contributed by atoms with van der Waals surface area (Å²) in [6.07, 6.45) is 2.16. The van der Waals surface area contributed by atoms with Crippen molar-refractivity contribution in [1.29, 1.82) is 0 Å². The normalized spacial score (nSPS) is 13.0. The molecular formula is C8H16O3S2. The van der Waals surface area contributed by atoms with E-state index < -0.39 is 0 Å². The second kappa shape index (κ2) is 7.53. The first-order valence-corrected chi connectivity index (χ1v) is 6.33. The molecule has 0 aromatic rings. The van der Waals surface area contributed by atoms with Crippen molar-refractivity contribution in [2.45, 2.75) is 31.6 Å². The summed E-state index contributed by atoms with van der Waals surface area (Å²) in [5.41, 5.74) is 0. The zero-order chi connectivity index (χ0) is 10.3. The van der Waals surface area contributed by atoms with E-state index in [1.54, 1.807) is 11.8 Å². The quantitative estimate of drug-likeness (QED) is 0.511. The van der Waals surface area contributed by atoms with Crippen molar-refractivity contribution in [3.63, 3.8) is 0 Å². The van der Waals surface area contributed by atoms with E-state index >= 15 is 0 Å². The van der Waals surface area contributed by atoms with Crippen LogP contribution in [0.15, 0.2) is 0 Å². The topological polar surface area (TPSA) is 35.5 Å². The molecule has 1 atom stereocenters. The molecule has 78 valence electrons. The summed E-state index contributed by atoms with van der Waals surface area (Å²) in [5.74, 6) is 0.102. The molecule has 0 spiro atoms. The molecule has 0 saturated heterocycles. The molecular weight excluding hydrogens is 208 g/mol. The van der Waals surface area contributed by atoms with Crippen molar-refractivity contribution in [2.24, 2.45) is 0 Å². The molecule has 0 amide bonds. The number of hydrogen-bond donors (Lipinski definition) is 0. The number of thioether (sulfide) groups is 2. The second-order valence-corrected chi connectivity index (χ2v) is 4.82. The third kappa shape index (κ3) is 8.46. The number of carbonyl (C=O) groups is 1. The predicted octanol–water partition coefficient (Wildman–Crippen LogP) is 2.31. The highest BCUT2D eigenvalue weighted by molar-refractivity contribution is 8.16. The Hall–Kier alpha value is 0.130. The Morgan fingerprint density at radius 1 is 1.46 bits per heavy atom. The first kappa shape index (κ1) is 13.1. The number of carbonyl (C=O) groups excluding carboxylic acids is 1. The lowest BCUT2D eigenvalue weighted by molar-refractivity contribution is -0.138. The maximum Gasteiger partial charge on any atom is 0.303 e. The van der Waals surface area contributed by atoms with Crippen LogP contribution >= 0.6 is 23.5 Å². The van der Waals surface area contributed by atoms with Crippen LogP contribution in [0.2, 0.25) is 0 Å². The summed E-state index contributed by atoms with van der Waals surface area (Å²) < 4.78 is 10.3. The van der Waals surface area contributed by atoms with Crippen LogP contribution in [0.3, 0.4) is 0 Å². The highest BCUT2D eigenvalue weighted by Gasteiger charge is 2.10. The lowest BCUT2D eigenvalue weighted by Crippen LogP contribution is -2.12. The molecule has 0 aromatic heterocycles. The number of ether oxygens (including phenoxy) is 2. The molecule has 0 N–H and O–H groups in total. The summed E-state index contributed by atoms with van der Waals surface area (Å²) in [6.45, 7) is 5.36. The van der Waals surface area contributed by atoms with Gasteiger partial charge in [-0.15, -0.1) is 11.8 Å². The smallest absolute Gasteiger partial charge is 0.303 e. The van der Waals surface area contributed by atoms with Gasteiger partial charge in [-0.2, -0.15) is 0 Å². The summed E-state index contributed by atoms with van der Waals surface area (Å²) in [7, 11) is 0. The van der Waals surface area contributed by atoms with Crippen LogP contribution in [0, 0.1) is 0 Å². The molecule has 3 nitrogen and oxygen atoms in total. The minimum Gasteiger partial charge on any atom is -0.455 e. The van der Waals surface area contributed by atoms with Gasteiger partial charge in [0.1, 0.15) is 5.94 Å². The standard InChI is InChI=1S/C8H16O3S2/c1-6(2)11-8(12-4)13-5-10-7(3)9/h6,8H,5H2,1-4H3. The second-order valence-electron chi connectivity index (χ2n) is 2.63. The van der Waals surface area contributed by atoms with Crippen molar-refractivity contribution < 1.29 is 14.3 Å². The molecule has 0 fully saturated rings. The fourth-order valence-corrected chi connectivity index (χ4v) is 2.25. The lowest BCUT2D eigenvalue weighted by Gasteiger charge is -2.17. The molecule has 0 heterocycles. The molecule has 0 radical (unpaired) electrons. The Bertz CT molecular complexity index is 150. The SMILES string of the molecule is CSC(OC(C)C)SCOC(C)=O. The van der Waals surface area contributed by atoms with Crippen LogP contribution in [0.5, 0.6) is 0 Å². The van der Waals surface area contributed by atoms with Crippen LogP contribution in [0.25, 0.3) is 0 Å². The van der Waals surface area contributed by atoms with Gasteiger partial charge in [0.2, 0.25) is 0 Å². The highest BCUT2D eigenvalue weighted by Crippen LogP contribution is 2.23. The molecule has 0 aliphatic carbocycles. The Balaban J connectivity index is 3.53. The molecule has 1 unspecified atom stereocenters. The van der Waals surface area contributed by atoms with Crippen molar-refractivity contribution >= 4 is 29.5 Å². The summed E-state index contributed by atoms with van der Waals surface area (Å²) >= 11 is 3.08. The van der Waals surface area contributed by atoms with Crippen LogP contribution in [0.4, 0.5) is 0 Å². The maximum absolute atomic E-state index is 10.5. The van der Waals surface area contributed by atoms with Gasteiger partial charge in [0.15, 0.2) is 4.77 Å². The van der Waals surface area contributed by atoms with E-state index in [0.29, 0.717) is 5.94 Å². The summed E-state index contributed by atoms with van der Waals surface area (Å²) in [5, 5.41) is 0. The Morgan fingerprint density at radius 3 is 2.46 bits per heavy atom. The monoisotopic (exact) mass is 224 g/mol. The van der Waals surface area contributed by atoms with Crippen LogP contribution in [-0.2, 0) is 14.3 Å². The maximum atomic E-state index is 10.5. The minimum atomic E-state index is -0.253. The number of hydrogen-bond acceptors (Lipinski definition) is 5. The molecule has 0 aliphatic rings. The molecule has 0 aromatic carbocycles. The summed E-state index contributed by atoms with van der Waals surface area (Å²) in [6, 6.07) is 0. The molecule has 0 aliphatic heterocycles. The van der Waals surface area contributed by atoms with Crippen molar-refractivity contribution in [1.82, 2.24) is 0 Å². The van der Waals surface area contributed by atoms with E-state index in [1.807, 2.05) is 20.1 Å². The van der Waals surface area contributed by atoms with Gasteiger partial charge >= 0.3 is 5.97 Å². The van der Waals surface area contributed by atoms with E-state index in [9.17, 15) is 4.79 Å². The molecule has 0 rings (SSSR count). The Morgan fingerprint density at radius 2 is 2.08 bits per heavy atom. The fourth-order valence-electron chi connectivity index (χ4n) is 0.558. The first-order valence-electron chi connectivity index (χ1n) is 3.99. The van der Waals surface area contributed by atoms with E-state index in [0.717, 1.165) is 0 Å². The third-order valence-corrected chi connectivity index (χ3v) is 3.16. The minimum absolute atomic E-state index is 0.0411. The fraction of sp³-hybridized carbons (Fsp3) is 0.875. The average Bonchev–Trinajstić information content (AvgIpc) is 2.01. The van der Waals surface area contributed by atoms with Gasteiger partial charge in [-0.25, -0.2) is 0 Å². The van der Waals surface area contributed by atoms with E-state index in [1.165, 1.54) is 18.7 Å². The van der Waals surface area contributed by atoms with Crippen LogP contribution in [-0.4, -0.2) is 29.0 Å². The van der Waals surface area contributed by atoms with Gasteiger partial charge in [-0.1, -0.05) is 11.8 Å². The molecule has 13 heavy (non-hydrogen) atoms. The van der Waals surface area contributed by atoms with Crippen LogP contribution < -0.4 is 0 Å². The average molecular weight is 224 g/mol. The third-order valence-electron chi connectivity index (χ3n) is 1.04. The molecule has 0 saturated carbocycles. The van der Waals surface area contributed by atoms with Gasteiger partial charge in [0.25, 0.3) is 0 Å². The first-order chi connectivity index (χ1) is 6.06. The van der Waals surface area contributed by atoms with Crippen molar-refractivity contribution in [3.05, 3.63) is 0 Å². The van der Waals surface area contributed by atoms with Gasteiger partial charge in [0.05, 0.1) is 6.10 Å². The largest absolute Gasteiger partial charge is 0.455 e. The Labute approximate surface area is 87.9 Å². The lowest BCUT2D eigenvalue weighted by atomic mass is 10.5.